The number of carbonyl (C=O) groups is 1. The summed E-state index contributed by atoms with van der Waals surface area (Å²) in [6.45, 7) is 1.92. The van der Waals surface area contributed by atoms with E-state index in [2.05, 4.69) is 20.2 Å². The maximum atomic E-state index is 12.8. The van der Waals surface area contributed by atoms with E-state index in [0.717, 1.165) is 52.0 Å². The average molecular weight is 371 g/mol. The Morgan fingerprint density at radius 1 is 1.28 bits per heavy atom. The molecule has 1 N–H and O–H groups in total. The third kappa shape index (κ3) is 3.34. The number of thiazole rings is 1. The van der Waals surface area contributed by atoms with Gasteiger partial charge in [-0.25, -0.2) is 9.97 Å². The number of hydrogen-bond acceptors (Lipinski definition) is 6. The van der Waals surface area contributed by atoms with Gasteiger partial charge in [0.2, 0.25) is 0 Å². The van der Waals surface area contributed by atoms with Crippen molar-refractivity contribution in [3.63, 3.8) is 0 Å². The van der Waals surface area contributed by atoms with Crippen molar-refractivity contribution in [3.05, 3.63) is 42.1 Å². The molecule has 0 atom stereocenters. The number of carbonyl (C=O) groups excluding carboxylic acids is 1. The molecule has 0 unspecified atom stereocenters. The highest BCUT2D eigenvalue weighted by atomic mass is 32.2. The molecule has 5 nitrogen and oxygen atoms in total. The quantitative estimate of drug-likeness (QED) is 0.695. The van der Waals surface area contributed by atoms with Crippen LogP contribution in [0.15, 0.2) is 40.9 Å². The Bertz CT molecular complexity index is 918. The highest BCUT2D eigenvalue weighted by Crippen LogP contribution is 2.30. The molecule has 3 aromatic rings. The summed E-state index contributed by atoms with van der Waals surface area (Å²) in [6, 6.07) is 9.48. The molecule has 25 heavy (non-hydrogen) atoms. The summed E-state index contributed by atoms with van der Waals surface area (Å²) in [5.74, 6) is 0.657. The van der Waals surface area contributed by atoms with Gasteiger partial charge in [0, 0.05) is 25.0 Å². The van der Waals surface area contributed by atoms with Gasteiger partial charge in [-0.2, -0.15) is 0 Å². The van der Waals surface area contributed by atoms with Crippen LogP contribution in [0.4, 0.5) is 11.5 Å². The highest BCUT2D eigenvalue weighted by Gasteiger charge is 2.20. The van der Waals surface area contributed by atoms with Crippen molar-refractivity contribution in [3.8, 4) is 0 Å². The second-order valence-corrected chi connectivity index (χ2v) is 7.97. The maximum absolute atomic E-state index is 12.8. The van der Waals surface area contributed by atoms with Crippen LogP contribution in [-0.4, -0.2) is 35.2 Å². The van der Waals surface area contributed by atoms with Gasteiger partial charge in [0.15, 0.2) is 4.34 Å². The summed E-state index contributed by atoms with van der Waals surface area (Å²) in [4.78, 5) is 24.0. The van der Waals surface area contributed by atoms with Crippen LogP contribution in [0.1, 0.15) is 23.2 Å². The van der Waals surface area contributed by atoms with Crippen molar-refractivity contribution < 1.29 is 4.79 Å². The molecule has 1 aromatic carbocycles. The van der Waals surface area contributed by atoms with Crippen LogP contribution in [0, 0.1) is 0 Å². The predicted octanol–water partition coefficient (Wildman–Crippen LogP) is 4.27. The lowest BCUT2D eigenvalue weighted by Crippen LogP contribution is -2.24. The summed E-state index contributed by atoms with van der Waals surface area (Å²) in [5, 5.41) is 3.01. The first-order chi connectivity index (χ1) is 12.2. The van der Waals surface area contributed by atoms with E-state index in [1.54, 1.807) is 29.3 Å². The molecule has 128 valence electrons. The van der Waals surface area contributed by atoms with Crippen molar-refractivity contribution in [2.45, 2.75) is 17.2 Å². The largest absolute Gasteiger partial charge is 0.356 e. The monoisotopic (exact) mass is 370 g/mol. The van der Waals surface area contributed by atoms with Gasteiger partial charge in [-0.15, -0.1) is 11.3 Å². The Morgan fingerprint density at radius 2 is 2.12 bits per heavy atom. The van der Waals surface area contributed by atoms with E-state index < -0.39 is 0 Å². The van der Waals surface area contributed by atoms with E-state index in [9.17, 15) is 4.79 Å². The van der Waals surface area contributed by atoms with Crippen molar-refractivity contribution in [2.75, 3.05) is 29.6 Å². The molecule has 0 spiro atoms. The molecule has 1 fully saturated rings. The first-order valence-corrected chi connectivity index (χ1v) is 10.2. The zero-order valence-corrected chi connectivity index (χ0v) is 15.5. The van der Waals surface area contributed by atoms with E-state index in [1.807, 2.05) is 36.6 Å². The molecule has 1 aliphatic rings. The topological polar surface area (TPSA) is 58.1 Å². The number of hydrogen-bond donors (Lipinski definition) is 1. The lowest BCUT2D eigenvalue weighted by molar-refractivity contribution is 0.102. The lowest BCUT2D eigenvalue weighted by atomic mass is 10.2. The van der Waals surface area contributed by atoms with E-state index in [0.29, 0.717) is 5.56 Å². The molecule has 7 heteroatoms. The molecule has 3 heterocycles. The van der Waals surface area contributed by atoms with Crippen LogP contribution in [0.25, 0.3) is 10.2 Å². The van der Waals surface area contributed by atoms with Crippen molar-refractivity contribution in [1.29, 1.82) is 0 Å². The van der Waals surface area contributed by atoms with Crippen molar-refractivity contribution in [1.82, 2.24) is 9.97 Å². The third-order valence-electron chi connectivity index (χ3n) is 4.24. The highest BCUT2D eigenvalue weighted by molar-refractivity contribution is 8.00. The molecule has 1 saturated heterocycles. The Balaban J connectivity index is 1.60. The Morgan fingerprint density at radius 3 is 2.92 bits per heavy atom. The summed E-state index contributed by atoms with van der Waals surface area (Å²) in [5.41, 5.74) is 2.37. The average Bonchev–Trinajstić information content (AvgIpc) is 3.30. The summed E-state index contributed by atoms with van der Waals surface area (Å²) in [7, 11) is 0. The maximum Gasteiger partial charge on any atom is 0.259 e. The van der Waals surface area contributed by atoms with E-state index in [4.69, 9.17) is 0 Å². The van der Waals surface area contributed by atoms with Gasteiger partial charge in [0.25, 0.3) is 5.91 Å². The normalized spacial score (nSPS) is 14.2. The van der Waals surface area contributed by atoms with Crippen molar-refractivity contribution >= 4 is 50.7 Å². The molecule has 4 rings (SSSR count). The SMILES string of the molecule is CSc1nc2ccc(NC(=O)c3cccnc3N3CCCC3)cc2s1. The van der Waals surface area contributed by atoms with Crippen LogP contribution < -0.4 is 10.2 Å². The Hall–Kier alpha value is -2.12. The fourth-order valence-electron chi connectivity index (χ4n) is 3.02. The van der Waals surface area contributed by atoms with E-state index in [1.165, 1.54) is 0 Å². The zero-order chi connectivity index (χ0) is 17.2. The number of pyridine rings is 1. The molecule has 0 radical (unpaired) electrons. The number of nitrogens with zero attached hydrogens (tertiary/aromatic N) is 3. The van der Waals surface area contributed by atoms with Gasteiger partial charge in [-0.3, -0.25) is 4.79 Å². The van der Waals surface area contributed by atoms with Crippen LogP contribution >= 0.6 is 23.1 Å². The molecule has 1 amide bonds. The molecule has 0 saturated carbocycles. The second kappa shape index (κ2) is 7.01. The third-order valence-corrected chi connectivity index (χ3v) is 6.24. The van der Waals surface area contributed by atoms with E-state index in [-0.39, 0.29) is 5.91 Å². The van der Waals surface area contributed by atoms with Gasteiger partial charge >= 0.3 is 0 Å². The number of amides is 1. The van der Waals surface area contributed by atoms with Gasteiger partial charge in [0.05, 0.1) is 15.8 Å². The first-order valence-electron chi connectivity index (χ1n) is 8.20. The molecular weight excluding hydrogens is 352 g/mol. The Kier molecular flexibility index (Phi) is 4.59. The van der Waals surface area contributed by atoms with Gasteiger partial charge in [-0.1, -0.05) is 11.8 Å². The zero-order valence-electron chi connectivity index (χ0n) is 13.9. The molecule has 0 aliphatic carbocycles. The number of fused-ring (bicyclic) bond motifs is 1. The number of rotatable bonds is 4. The van der Waals surface area contributed by atoms with Crippen LogP contribution in [0.5, 0.6) is 0 Å². The number of nitrogens with one attached hydrogen (secondary N) is 1. The van der Waals surface area contributed by atoms with Crippen molar-refractivity contribution in [2.24, 2.45) is 0 Å². The Labute approximate surface area is 154 Å². The van der Waals surface area contributed by atoms with Gasteiger partial charge in [-0.05, 0) is 49.4 Å². The number of anilines is 2. The smallest absolute Gasteiger partial charge is 0.259 e. The number of thioether (sulfide) groups is 1. The predicted molar refractivity (Wildman–Crippen MR) is 105 cm³/mol. The summed E-state index contributed by atoms with van der Waals surface area (Å²) >= 11 is 3.27. The van der Waals surface area contributed by atoms with E-state index >= 15 is 0 Å². The van der Waals surface area contributed by atoms with Gasteiger partial charge in [0.1, 0.15) is 5.82 Å². The number of benzene rings is 1. The second-order valence-electron chi connectivity index (χ2n) is 5.89. The van der Waals surface area contributed by atoms with Gasteiger partial charge < -0.3 is 10.2 Å². The minimum Gasteiger partial charge on any atom is -0.356 e. The summed E-state index contributed by atoms with van der Waals surface area (Å²) < 4.78 is 2.11. The number of aromatic nitrogens is 2. The van der Waals surface area contributed by atoms with Crippen LogP contribution in [-0.2, 0) is 0 Å². The fraction of sp³-hybridized carbons (Fsp3) is 0.278. The lowest BCUT2D eigenvalue weighted by Gasteiger charge is -2.19. The molecule has 2 aromatic heterocycles. The molecule has 1 aliphatic heterocycles. The minimum absolute atomic E-state index is 0.121. The fourth-order valence-corrected chi connectivity index (χ4v) is 4.55. The first kappa shape index (κ1) is 16.4. The molecular formula is C18H18N4OS2. The molecule has 0 bridgehead atoms. The van der Waals surface area contributed by atoms with Crippen LogP contribution in [0.3, 0.4) is 0 Å². The summed E-state index contributed by atoms with van der Waals surface area (Å²) in [6.07, 6.45) is 6.06. The standard InChI is InChI=1S/C18H18N4OS2/c1-24-18-21-14-7-6-12(11-15(14)25-18)20-17(23)13-5-4-8-19-16(13)22-9-2-3-10-22/h4-8,11H,2-3,9-10H2,1H3,(H,20,23). The van der Waals surface area contributed by atoms with Crippen LogP contribution in [0.2, 0.25) is 0 Å². The minimum atomic E-state index is -0.121.